The zero-order chi connectivity index (χ0) is 11.5. The summed E-state index contributed by atoms with van der Waals surface area (Å²) >= 11 is 0. The lowest BCUT2D eigenvalue weighted by Crippen LogP contribution is -2.44. The summed E-state index contributed by atoms with van der Waals surface area (Å²) in [7, 11) is 0. The molecular weight excluding hydrogens is 190 g/mol. The number of aliphatic carboxylic acids is 1. The van der Waals surface area contributed by atoms with Crippen molar-refractivity contribution in [1.29, 1.82) is 0 Å². The van der Waals surface area contributed by atoms with Crippen LogP contribution in [-0.2, 0) is 11.2 Å². The fraction of sp³-hybridized carbons (Fsp3) is 0.417. The quantitative estimate of drug-likeness (QED) is 0.789. The fourth-order valence-electron chi connectivity index (χ4n) is 1.28. The number of benzene rings is 1. The van der Waals surface area contributed by atoms with Crippen LogP contribution in [0.4, 0.5) is 0 Å². The van der Waals surface area contributed by atoms with Crippen LogP contribution in [0.15, 0.2) is 30.3 Å². The van der Waals surface area contributed by atoms with Gasteiger partial charge in [-0.1, -0.05) is 30.3 Å². The second-order valence-corrected chi connectivity index (χ2v) is 4.32. The molecule has 0 aliphatic heterocycles. The zero-order valence-electron chi connectivity index (χ0n) is 9.10. The van der Waals surface area contributed by atoms with Crippen molar-refractivity contribution in [3.63, 3.8) is 0 Å². The third-order valence-electron chi connectivity index (χ3n) is 2.78. The molecule has 3 heteroatoms. The Hall–Kier alpha value is -1.35. The Balaban J connectivity index is 2.72. The largest absolute Gasteiger partial charge is 0.481 e. The van der Waals surface area contributed by atoms with Gasteiger partial charge in [-0.3, -0.25) is 4.79 Å². The van der Waals surface area contributed by atoms with E-state index in [2.05, 4.69) is 0 Å². The highest BCUT2D eigenvalue weighted by Gasteiger charge is 2.34. The fourth-order valence-corrected chi connectivity index (χ4v) is 1.28. The van der Waals surface area contributed by atoms with E-state index in [4.69, 9.17) is 10.8 Å². The van der Waals surface area contributed by atoms with Gasteiger partial charge in [0.15, 0.2) is 0 Å². The van der Waals surface area contributed by atoms with Crippen LogP contribution >= 0.6 is 0 Å². The molecular formula is C12H17NO2. The van der Waals surface area contributed by atoms with Crippen LogP contribution < -0.4 is 5.73 Å². The van der Waals surface area contributed by atoms with Gasteiger partial charge in [0.1, 0.15) is 0 Å². The Morgan fingerprint density at radius 3 is 2.40 bits per heavy atom. The molecule has 3 N–H and O–H groups in total. The minimum atomic E-state index is -0.893. The molecule has 0 aliphatic rings. The molecule has 0 heterocycles. The van der Waals surface area contributed by atoms with E-state index >= 15 is 0 Å². The first kappa shape index (κ1) is 11.7. The second kappa shape index (κ2) is 4.45. The normalized spacial score (nSPS) is 13.5. The van der Waals surface area contributed by atoms with Crippen LogP contribution in [0.3, 0.4) is 0 Å². The van der Waals surface area contributed by atoms with Gasteiger partial charge in [0.25, 0.3) is 0 Å². The first-order valence-electron chi connectivity index (χ1n) is 4.97. The van der Waals surface area contributed by atoms with Crippen LogP contribution in [0, 0.1) is 5.41 Å². The van der Waals surface area contributed by atoms with Gasteiger partial charge in [0.05, 0.1) is 5.41 Å². The minimum absolute atomic E-state index is 0.377. The van der Waals surface area contributed by atoms with Gasteiger partial charge in [-0.05, 0) is 25.8 Å². The molecule has 15 heavy (non-hydrogen) atoms. The zero-order valence-corrected chi connectivity index (χ0v) is 9.10. The smallest absolute Gasteiger partial charge is 0.310 e. The summed E-state index contributed by atoms with van der Waals surface area (Å²) in [6.07, 6.45) is 0.583. The van der Waals surface area contributed by atoms with Gasteiger partial charge in [0.2, 0.25) is 0 Å². The Morgan fingerprint density at radius 2 is 1.93 bits per heavy atom. The van der Waals surface area contributed by atoms with E-state index < -0.39 is 11.4 Å². The van der Waals surface area contributed by atoms with Gasteiger partial charge in [-0.2, -0.15) is 0 Å². The van der Waals surface area contributed by atoms with Crippen LogP contribution in [0.25, 0.3) is 0 Å². The molecule has 0 radical (unpaired) electrons. The van der Waals surface area contributed by atoms with Crippen LogP contribution in [0.1, 0.15) is 19.4 Å². The maximum Gasteiger partial charge on any atom is 0.310 e. The lowest BCUT2D eigenvalue weighted by molar-refractivity contribution is -0.148. The molecule has 0 bridgehead atoms. The highest BCUT2D eigenvalue weighted by atomic mass is 16.4. The number of carboxylic acid groups (broad SMARTS) is 1. The Bertz CT molecular complexity index is 333. The number of hydrogen-bond acceptors (Lipinski definition) is 2. The highest BCUT2D eigenvalue weighted by Crippen LogP contribution is 2.22. The van der Waals surface area contributed by atoms with Crippen molar-refractivity contribution in [3.8, 4) is 0 Å². The second-order valence-electron chi connectivity index (χ2n) is 4.32. The molecule has 0 aromatic heterocycles. The summed E-state index contributed by atoms with van der Waals surface area (Å²) in [6, 6.07) is 9.32. The summed E-state index contributed by atoms with van der Waals surface area (Å²) in [5.74, 6) is -0.856. The molecule has 0 amide bonds. The van der Waals surface area contributed by atoms with E-state index in [1.54, 1.807) is 13.8 Å². The van der Waals surface area contributed by atoms with Crippen molar-refractivity contribution in [2.45, 2.75) is 26.3 Å². The topological polar surface area (TPSA) is 63.3 Å². The minimum Gasteiger partial charge on any atom is -0.481 e. The number of carboxylic acids is 1. The Kier molecular flexibility index (Phi) is 3.48. The molecule has 1 rings (SSSR count). The van der Waals surface area contributed by atoms with Crippen molar-refractivity contribution in [3.05, 3.63) is 35.9 Å². The molecule has 0 spiro atoms. The number of nitrogens with two attached hydrogens (primary N) is 1. The molecule has 0 saturated carbocycles. The summed E-state index contributed by atoms with van der Waals surface area (Å²) in [5, 5.41) is 9.01. The van der Waals surface area contributed by atoms with E-state index in [-0.39, 0.29) is 6.04 Å². The average Bonchev–Trinajstić information content (AvgIpc) is 2.18. The molecule has 1 atom stereocenters. The van der Waals surface area contributed by atoms with E-state index in [9.17, 15) is 4.79 Å². The lowest BCUT2D eigenvalue weighted by Gasteiger charge is -2.27. The molecule has 0 fully saturated rings. The molecule has 3 nitrogen and oxygen atoms in total. The van der Waals surface area contributed by atoms with Crippen LogP contribution in [0.5, 0.6) is 0 Å². The first-order valence-corrected chi connectivity index (χ1v) is 4.97. The van der Waals surface area contributed by atoms with Crippen molar-refractivity contribution >= 4 is 5.97 Å². The highest BCUT2D eigenvalue weighted by molar-refractivity contribution is 5.74. The van der Waals surface area contributed by atoms with Crippen LogP contribution in [-0.4, -0.2) is 17.1 Å². The summed E-state index contributed by atoms with van der Waals surface area (Å²) in [5.41, 5.74) is 6.08. The van der Waals surface area contributed by atoms with E-state index in [1.165, 1.54) is 0 Å². The molecule has 1 aromatic carbocycles. The van der Waals surface area contributed by atoms with Crippen molar-refractivity contribution in [2.75, 3.05) is 0 Å². The summed E-state index contributed by atoms with van der Waals surface area (Å²) in [6.45, 7) is 3.31. The van der Waals surface area contributed by atoms with Gasteiger partial charge < -0.3 is 10.8 Å². The van der Waals surface area contributed by atoms with E-state index in [1.807, 2.05) is 30.3 Å². The third kappa shape index (κ3) is 2.80. The van der Waals surface area contributed by atoms with E-state index in [0.29, 0.717) is 6.42 Å². The average molecular weight is 207 g/mol. The SMILES string of the molecule is CC(C)(C(=O)O)C(N)Cc1ccccc1. The molecule has 0 saturated heterocycles. The van der Waals surface area contributed by atoms with Gasteiger partial charge >= 0.3 is 5.97 Å². The van der Waals surface area contributed by atoms with Crippen molar-refractivity contribution < 1.29 is 9.90 Å². The maximum absolute atomic E-state index is 11.0. The standard InChI is InChI=1S/C12H17NO2/c1-12(2,11(14)15)10(13)8-9-6-4-3-5-7-9/h3-7,10H,8,13H2,1-2H3,(H,14,15). The predicted octanol–water partition coefficient (Wildman–Crippen LogP) is 1.67. The Labute approximate surface area is 89.9 Å². The first-order chi connectivity index (χ1) is 6.94. The number of carbonyl (C=O) groups is 1. The number of rotatable bonds is 4. The molecule has 82 valence electrons. The molecule has 1 unspecified atom stereocenters. The summed E-state index contributed by atoms with van der Waals surface area (Å²) in [4.78, 5) is 11.0. The van der Waals surface area contributed by atoms with Gasteiger partial charge in [0, 0.05) is 6.04 Å². The van der Waals surface area contributed by atoms with Crippen molar-refractivity contribution in [1.82, 2.24) is 0 Å². The monoisotopic (exact) mass is 207 g/mol. The third-order valence-corrected chi connectivity index (χ3v) is 2.78. The number of hydrogen-bond donors (Lipinski definition) is 2. The molecule has 1 aromatic rings. The Morgan fingerprint density at radius 1 is 1.40 bits per heavy atom. The summed E-state index contributed by atoms with van der Waals surface area (Å²) < 4.78 is 0. The van der Waals surface area contributed by atoms with Gasteiger partial charge in [-0.15, -0.1) is 0 Å². The lowest BCUT2D eigenvalue weighted by atomic mass is 9.82. The van der Waals surface area contributed by atoms with Crippen LogP contribution in [0.2, 0.25) is 0 Å². The predicted molar refractivity (Wildman–Crippen MR) is 59.5 cm³/mol. The van der Waals surface area contributed by atoms with E-state index in [0.717, 1.165) is 5.56 Å². The molecule has 0 aliphatic carbocycles. The van der Waals surface area contributed by atoms with Gasteiger partial charge in [-0.25, -0.2) is 0 Å². The van der Waals surface area contributed by atoms with Crippen molar-refractivity contribution in [2.24, 2.45) is 11.1 Å². The maximum atomic E-state index is 11.0.